The summed E-state index contributed by atoms with van der Waals surface area (Å²) in [5.74, 6) is 0.0485. The summed E-state index contributed by atoms with van der Waals surface area (Å²) in [5.41, 5.74) is -2.08. The van der Waals surface area contributed by atoms with Crippen LogP contribution in [0.2, 0.25) is 0 Å². The number of β-amino-alcohol motifs (C(OH)–C–C–N with tert-alkyl or cyclic N) is 2. The van der Waals surface area contributed by atoms with Gasteiger partial charge in [0.1, 0.15) is 0 Å². The summed E-state index contributed by atoms with van der Waals surface area (Å²) in [6.07, 6.45) is -1.04. The minimum atomic E-state index is -0.739. The van der Waals surface area contributed by atoms with Gasteiger partial charge in [-0.1, -0.05) is 0 Å². The third-order valence-corrected chi connectivity index (χ3v) is 7.12. The van der Waals surface area contributed by atoms with Crippen LogP contribution in [-0.2, 0) is 9.59 Å². The predicted molar refractivity (Wildman–Crippen MR) is 126 cm³/mol. The number of carbonyl (C=O) groups excluding carboxylic acids is 2. The van der Waals surface area contributed by atoms with Gasteiger partial charge in [0, 0.05) is 50.3 Å². The van der Waals surface area contributed by atoms with E-state index in [2.05, 4.69) is 37.5 Å². The molecule has 8 nitrogen and oxygen atoms in total. The van der Waals surface area contributed by atoms with Crippen LogP contribution in [0, 0.1) is 0 Å². The molecule has 2 unspecified atom stereocenters. The van der Waals surface area contributed by atoms with Crippen LogP contribution in [0.3, 0.4) is 0 Å². The van der Waals surface area contributed by atoms with E-state index in [4.69, 9.17) is 0 Å². The van der Waals surface area contributed by atoms with Crippen LogP contribution in [0.25, 0.3) is 0 Å². The monoisotopic (exact) mass is 454 g/mol. The quantitative estimate of drug-likeness (QED) is 0.600. The molecule has 0 bridgehead atoms. The number of hydrogen-bond acceptors (Lipinski definition) is 6. The van der Waals surface area contributed by atoms with Gasteiger partial charge in [0.2, 0.25) is 11.8 Å². The molecular formula is C24H46N4O4. The lowest BCUT2D eigenvalue weighted by molar-refractivity contribution is -0.168. The number of aliphatic hydroxyl groups is 2. The number of piperazine rings is 2. The van der Waals surface area contributed by atoms with Gasteiger partial charge >= 0.3 is 0 Å². The Labute approximate surface area is 194 Å². The van der Waals surface area contributed by atoms with Crippen molar-refractivity contribution in [2.75, 3.05) is 39.3 Å². The smallest absolute Gasteiger partial charge is 0.242 e. The second-order valence-electron chi connectivity index (χ2n) is 12.1. The molecule has 0 aliphatic carbocycles. The van der Waals surface area contributed by atoms with Crippen molar-refractivity contribution in [2.24, 2.45) is 0 Å². The summed E-state index contributed by atoms with van der Waals surface area (Å²) in [5, 5.41) is 19.9. The van der Waals surface area contributed by atoms with Crippen molar-refractivity contribution in [1.29, 1.82) is 0 Å². The Balaban J connectivity index is 2.18. The molecule has 32 heavy (non-hydrogen) atoms. The summed E-state index contributed by atoms with van der Waals surface area (Å²) in [6, 6.07) is 0. The molecule has 2 N–H and O–H groups in total. The second kappa shape index (κ2) is 8.85. The molecule has 0 aromatic rings. The Morgan fingerprint density at radius 1 is 0.688 bits per heavy atom. The Hall–Kier alpha value is -1.22. The van der Waals surface area contributed by atoms with Crippen molar-refractivity contribution in [3.63, 3.8) is 0 Å². The third kappa shape index (κ3) is 5.13. The fourth-order valence-corrected chi connectivity index (χ4v) is 5.85. The van der Waals surface area contributed by atoms with E-state index in [9.17, 15) is 19.8 Å². The molecule has 186 valence electrons. The van der Waals surface area contributed by atoms with Gasteiger partial charge < -0.3 is 20.0 Å². The molecule has 2 aliphatic heterocycles. The van der Waals surface area contributed by atoms with Gasteiger partial charge in [0.25, 0.3) is 0 Å². The van der Waals surface area contributed by atoms with Crippen LogP contribution < -0.4 is 0 Å². The summed E-state index contributed by atoms with van der Waals surface area (Å²) in [4.78, 5) is 34.7. The van der Waals surface area contributed by atoms with Crippen LogP contribution in [0.4, 0.5) is 0 Å². The minimum Gasteiger partial charge on any atom is -0.392 e. The van der Waals surface area contributed by atoms with Gasteiger partial charge in [-0.2, -0.15) is 0 Å². The lowest BCUT2D eigenvalue weighted by atomic mass is 9.85. The Bertz CT molecular complexity index is 655. The molecule has 2 rings (SSSR count). The average molecular weight is 455 g/mol. The molecule has 0 aromatic carbocycles. The lowest BCUT2D eigenvalue weighted by Crippen LogP contribution is -2.74. The van der Waals surface area contributed by atoms with E-state index >= 15 is 0 Å². The van der Waals surface area contributed by atoms with E-state index in [1.807, 2.05) is 37.5 Å². The van der Waals surface area contributed by atoms with Crippen LogP contribution >= 0.6 is 0 Å². The van der Waals surface area contributed by atoms with Gasteiger partial charge in [-0.15, -0.1) is 0 Å². The van der Waals surface area contributed by atoms with Crippen molar-refractivity contribution in [3.05, 3.63) is 0 Å². The number of aliphatic hydroxyl groups excluding tert-OH is 2. The number of nitrogens with zero attached hydrogens (tertiary/aromatic N) is 4. The summed E-state index contributed by atoms with van der Waals surface area (Å²) in [6.45, 7) is 22.5. The van der Waals surface area contributed by atoms with Gasteiger partial charge in [-0.3, -0.25) is 19.4 Å². The minimum absolute atomic E-state index is 0.0242. The van der Waals surface area contributed by atoms with E-state index in [1.165, 1.54) is 0 Å². The fraction of sp³-hybridized carbons (Fsp3) is 0.917. The van der Waals surface area contributed by atoms with E-state index in [0.717, 1.165) is 0 Å². The van der Waals surface area contributed by atoms with Crippen molar-refractivity contribution < 1.29 is 19.8 Å². The van der Waals surface area contributed by atoms with Gasteiger partial charge in [-0.05, 0) is 69.2 Å². The van der Waals surface area contributed by atoms with E-state index in [-0.39, 0.29) is 22.9 Å². The van der Waals surface area contributed by atoms with E-state index in [0.29, 0.717) is 39.3 Å². The summed E-state index contributed by atoms with van der Waals surface area (Å²) < 4.78 is 0. The topological polar surface area (TPSA) is 87.6 Å². The van der Waals surface area contributed by atoms with Gasteiger partial charge in [-0.25, -0.2) is 0 Å². The van der Waals surface area contributed by atoms with E-state index in [1.54, 1.807) is 13.8 Å². The maximum Gasteiger partial charge on any atom is 0.242 e. The molecule has 2 amide bonds. The lowest BCUT2D eigenvalue weighted by Gasteiger charge is -2.57. The SMILES string of the molecule is CC(O)CN1C(C)(C)CN(CCN2CC(C)(C)N(CC(C)O)C(C)(C)C2=O)C(=O)C1(C)C. The highest BCUT2D eigenvalue weighted by atomic mass is 16.3. The molecular weight excluding hydrogens is 408 g/mol. The van der Waals surface area contributed by atoms with Gasteiger partial charge in [0.15, 0.2) is 0 Å². The van der Waals surface area contributed by atoms with Crippen molar-refractivity contribution >= 4 is 11.8 Å². The van der Waals surface area contributed by atoms with Gasteiger partial charge in [0.05, 0.1) is 23.3 Å². The molecule has 2 saturated heterocycles. The van der Waals surface area contributed by atoms with Crippen LogP contribution in [0.15, 0.2) is 0 Å². The first-order valence-corrected chi connectivity index (χ1v) is 11.8. The summed E-state index contributed by atoms with van der Waals surface area (Å²) in [7, 11) is 0. The highest BCUT2D eigenvalue weighted by Crippen LogP contribution is 2.35. The fourth-order valence-electron chi connectivity index (χ4n) is 5.85. The van der Waals surface area contributed by atoms with E-state index < -0.39 is 23.3 Å². The van der Waals surface area contributed by atoms with Crippen molar-refractivity contribution in [3.8, 4) is 0 Å². The Morgan fingerprint density at radius 3 is 1.22 bits per heavy atom. The predicted octanol–water partition coefficient (Wildman–Crippen LogP) is 1.15. The molecule has 0 aromatic heterocycles. The average Bonchev–Trinajstić information content (AvgIpc) is 2.62. The maximum absolute atomic E-state index is 13.4. The first-order valence-electron chi connectivity index (χ1n) is 11.8. The third-order valence-electron chi connectivity index (χ3n) is 7.12. The Morgan fingerprint density at radius 2 is 0.969 bits per heavy atom. The molecule has 2 atom stereocenters. The summed E-state index contributed by atoms with van der Waals surface area (Å²) >= 11 is 0. The standard InChI is InChI=1S/C24H46N4O4/c1-17(29)13-27-21(3,4)15-25(19(31)23(27,7)8)11-12-26-16-22(5,6)28(14-18(2)30)24(9,10)20(26)32/h17-18,29-30H,11-16H2,1-10H3. The number of amides is 2. The van der Waals surface area contributed by atoms with Crippen molar-refractivity contribution in [2.45, 2.75) is 104 Å². The van der Waals surface area contributed by atoms with Crippen LogP contribution in [0.5, 0.6) is 0 Å². The first-order chi connectivity index (χ1) is 14.3. The molecule has 2 aliphatic rings. The molecule has 0 saturated carbocycles. The zero-order valence-corrected chi connectivity index (χ0v) is 21.9. The normalized spacial score (nSPS) is 27.5. The number of rotatable bonds is 7. The highest BCUT2D eigenvalue weighted by molar-refractivity contribution is 5.88. The van der Waals surface area contributed by atoms with Crippen LogP contribution in [0.1, 0.15) is 69.2 Å². The largest absolute Gasteiger partial charge is 0.392 e. The molecule has 0 radical (unpaired) electrons. The Kier molecular flexibility index (Phi) is 7.48. The zero-order valence-electron chi connectivity index (χ0n) is 21.9. The molecule has 2 heterocycles. The molecule has 0 spiro atoms. The second-order valence-corrected chi connectivity index (χ2v) is 12.1. The van der Waals surface area contributed by atoms with Crippen molar-refractivity contribution in [1.82, 2.24) is 19.6 Å². The maximum atomic E-state index is 13.4. The molecule has 8 heteroatoms. The number of hydrogen-bond donors (Lipinski definition) is 2. The zero-order chi connectivity index (χ0) is 24.9. The van der Waals surface area contributed by atoms with Crippen LogP contribution in [-0.4, -0.2) is 115 Å². The number of carbonyl (C=O) groups is 2. The first kappa shape index (κ1) is 27.0. The molecule has 2 fully saturated rings. The highest BCUT2D eigenvalue weighted by Gasteiger charge is 2.52.